The maximum atomic E-state index is 12.1. The van der Waals surface area contributed by atoms with Crippen LogP contribution in [0.15, 0.2) is 48.5 Å². The first-order valence-corrected chi connectivity index (χ1v) is 6.65. The van der Waals surface area contributed by atoms with Crippen molar-refractivity contribution in [3.63, 3.8) is 0 Å². The Labute approximate surface area is 131 Å². The molecule has 2 rings (SSSR count). The van der Waals surface area contributed by atoms with Crippen LogP contribution in [0.25, 0.3) is 6.08 Å². The largest absolute Gasteiger partial charge is 0.507 e. The number of hydrogen-bond acceptors (Lipinski definition) is 5. The number of carbonyl (C=O) groups is 2. The molecule has 0 saturated heterocycles. The number of allylic oxidation sites excluding steroid dienone is 1. The Morgan fingerprint density at radius 1 is 1.04 bits per heavy atom. The second-order valence-electron chi connectivity index (χ2n) is 4.63. The molecule has 2 aromatic carbocycles. The first kappa shape index (κ1) is 16.1. The first-order chi connectivity index (χ1) is 11.0. The van der Waals surface area contributed by atoms with E-state index in [1.54, 1.807) is 18.2 Å². The maximum Gasteiger partial charge on any atom is 0.341 e. The number of ketones is 1. The molecule has 0 aromatic heterocycles. The van der Waals surface area contributed by atoms with E-state index in [4.69, 9.17) is 9.84 Å². The van der Waals surface area contributed by atoms with Crippen LogP contribution in [-0.4, -0.2) is 33.7 Å². The average Bonchev–Trinajstić information content (AvgIpc) is 2.51. The zero-order valence-electron chi connectivity index (χ0n) is 12.0. The lowest BCUT2D eigenvalue weighted by Crippen LogP contribution is -2.09. The number of carboxylic acids is 1. The molecule has 0 amide bonds. The minimum atomic E-state index is -1.20. The molecule has 0 fully saturated rings. The molecule has 3 N–H and O–H groups in total. The third kappa shape index (κ3) is 4.34. The van der Waals surface area contributed by atoms with Gasteiger partial charge in [-0.25, -0.2) is 4.79 Å². The summed E-state index contributed by atoms with van der Waals surface area (Å²) in [6.45, 7) is -0.625. The zero-order valence-corrected chi connectivity index (χ0v) is 12.0. The summed E-state index contributed by atoms with van der Waals surface area (Å²) in [5.74, 6) is -2.82. The molecule has 0 aliphatic rings. The number of aromatic hydroxyl groups is 2. The van der Waals surface area contributed by atoms with Gasteiger partial charge in [-0.3, -0.25) is 4.79 Å². The highest BCUT2D eigenvalue weighted by atomic mass is 16.5. The summed E-state index contributed by atoms with van der Waals surface area (Å²) in [5, 5.41) is 28.2. The van der Waals surface area contributed by atoms with Crippen LogP contribution in [0.4, 0.5) is 0 Å². The summed E-state index contributed by atoms with van der Waals surface area (Å²) >= 11 is 0. The lowest BCUT2D eigenvalue weighted by atomic mass is 10.1. The highest BCUT2D eigenvalue weighted by molar-refractivity contribution is 6.10. The molecule has 0 radical (unpaired) electrons. The van der Waals surface area contributed by atoms with Gasteiger partial charge in [-0.15, -0.1) is 0 Å². The van der Waals surface area contributed by atoms with Crippen molar-refractivity contribution in [1.29, 1.82) is 0 Å². The molecule has 0 atom stereocenters. The molecule has 0 aliphatic heterocycles. The van der Waals surface area contributed by atoms with Crippen LogP contribution in [0.2, 0.25) is 0 Å². The van der Waals surface area contributed by atoms with Gasteiger partial charge in [0.25, 0.3) is 0 Å². The quantitative estimate of drug-likeness (QED) is 0.559. The summed E-state index contributed by atoms with van der Waals surface area (Å²) in [6.07, 6.45) is 2.78. The van der Waals surface area contributed by atoms with E-state index in [0.717, 1.165) is 17.7 Å². The standard InChI is InChI=1S/C17H14O6/c18-13(7-6-11-4-2-1-3-5-11)17-14(19)8-12(9-15(17)20)23-10-16(21)22/h1-9,19-20H,10H2,(H,21,22). The van der Waals surface area contributed by atoms with Crippen LogP contribution in [0, 0.1) is 0 Å². The number of benzene rings is 2. The fourth-order valence-electron chi connectivity index (χ4n) is 1.89. The van der Waals surface area contributed by atoms with E-state index in [-0.39, 0.29) is 11.3 Å². The number of rotatable bonds is 6. The Kier molecular flexibility index (Phi) is 4.99. The summed E-state index contributed by atoms with van der Waals surface area (Å²) < 4.78 is 4.84. The number of aliphatic carboxylic acids is 1. The first-order valence-electron chi connectivity index (χ1n) is 6.65. The van der Waals surface area contributed by atoms with Crippen molar-refractivity contribution in [2.45, 2.75) is 0 Å². The highest BCUT2D eigenvalue weighted by Crippen LogP contribution is 2.33. The van der Waals surface area contributed by atoms with Crippen LogP contribution in [-0.2, 0) is 4.79 Å². The van der Waals surface area contributed by atoms with Gasteiger partial charge in [-0.05, 0) is 11.6 Å². The summed E-state index contributed by atoms with van der Waals surface area (Å²) in [6, 6.07) is 11.2. The van der Waals surface area contributed by atoms with Gasteiger partial charge in [-0.1, -0.05) is 36.4 Å². The van der Waals surface area contributed by atoms with Crippen LogP contribution in [0.3, 0.4) is 0 Å². The molecular weight excluding hydrogens is 300 g/mol. The number of carbonyl (C=O) groups excluding carboxylic acids is 1. The summed E-state index contributed by atoms with van der Waals surface area (Å²) in [5.41, 5.74) is 0.515. The minimum Gasteiger partial charge on any atom is -0.507 e. The van der Waals surface area contributed by atoms with E-state index in [9.17, 15) is 19.8 Å². The molecule has 0 saturated carbocycles. The van der Waals surface area contributed by atoms with Gasteiger partial charge in [0, 0.05) is 12.1 Å². The highest BCUT2D eigenvalue weighted by Gasteiger charge is 2.16. The topological polar surface area (TPSA) is 104 Å². The third-order valence-corrected chi connectivity index (χ3v) is 2.91. The summed E-state index contributed by atoms with van der Waals surface area (Å²) in [4.78, 5) is 22.5. The van der Waals surface area contributed by atoms with E-state index >= 15 is 0 Å². The molecule has 0 unspecified atom stereocenters. The smallest absolute Gasteiger partial charge is 0.341 e. The molecule has 118 valence electrons. The number of hydrogen-bond donors (Lipinski definition) is 3. The van der Waals surface area contributed by atoms with Gasteiger partial charge in [0.2, 0.25) is 0 Å². The van der Waals surface area contributed by atoms with Crippen molar-refractivity contribution in [2.75, 3.05) is 6.61 Å². The van der Waals surface area contributed by atoms with E-state index in [0.29, 0.717) is 0 Å². The minimum absolute atomic E-state index is 0.0500. The molecule has 0 bridgehead atoms. The maximum absolute atomic E-state index is 12.1. The van der Waals surface area contributed by atoms with E-state index in [1.165, 1.54) is 6.08 Å². The lowest BCUT2D eigenvalue weighted by molar-refractivity contribution is -0.139. The van der Waals surface area contributed by atoms with Gasteiger partial charge < -0.3 is 20.1 Å². The van der Waals surface area contributed by atoms with E-state index < -0.39 is 29.9 Å². The zero-order chi connectivity index (χ0) is 16.8. The van der Waals surface area contributed by atoms with Gasteiger partial charge in [-0.2, -0.15) is 0 Å². The molecular formula is C17H14O6. The van der Waals surface area contributed by atoms with Crippen LogP contribution in [0.5, 0.6) is 17.2 Å². The number of ether oxygens (including phenoxy) is 1. The van der Waals surface area contributed by atoms with Crippen molar-refractivity contribution in [3.05, 3.63) is 59.7 Å². The molecule has 2 aromatic rings. The Bertz CT molecular complexity index is 726. The van der Waals surface area contributed by atoms with Crippen LogP contribution >= 0.6 is 0 Å². The molecule has 0 aliphatic carbocycles. The van der Waals surface area contributed by atoms with Crippen molar-refractivity contribution in [3.8, 4) is 17.2 Å². The van der Waals surface area contributed by atoms with Gasteiger partial charge >= 0.3 is 5.97 Å². The predicted molar refractivity (Wildman–Crippen MR) is 82.7 cm³/mol. The second kappa shape index (κ2) is 7.13. The van der Waals surface area contributed by atoms with Crippen molar-refractivity contribution < 1.29 is 29.6 Å². The van der Waals surface area contributed by atoms with Crippen molar-refractivity contribution >= 4 is 17.8 Å². The van der Waals surface area contributed by atoms with Crippen molar-refractivity contribution in [2.24, 2.45) is 0 Å². The van der Waals surface area contributed by atoms with E-state index in [2.05, 4.69) is 0 Å². The molecule has 23 heavy (non-hydrogen) atoms. The lowest BCUT2D eigenvalue weighted by Gasteiger charge is -2.08. The number of carboxylic acid groups (broad SMARTS) is 1. The predicted octanol–water partition coefficient (Wildman–Crippen LogP) is 2.46. The van der Waals surface area contributed by atoms with Crippen molar-refractivity contribution in [1.82, 2.24) is 0 Å². The Hall–Kier alpha value is -3.28. The Morgan fingerprint density at radius 2 is 1.65 bits per heavy atom. The van der Waals surface area contributed by atoms with Crippen LogP contribution in [0.1, 0.15) is 15.9 Å². The van der Waals surface area contributed by atoms with Crippen LogP contribution < -0.4 is 4.74 Å². The molecule has 6 nitrogen and oxygen atoms in total. The fourth-order valence-corrected chi connectivity index (χ4v) is 1.89. The second-order valence-corrected chi connectivity index (χ2v) is 4.63. The summed E-state index contributed by atoms with van der Waals surface area (Å²) in [7, 11) is 0. The normalized spacial score (nSPS) is 10.6. The Balaban J connectivity index is 2.20. The SMILES string of the molecule is O=C(O)COc1cc(O)c(C(=O)C=Cc2ccccc2)c(O)c1. The average molecular weight is 314 g/mol. The third-order valence-electron chi connectivity index (χ3n) is 2.91. The fraction of sp³-hybridized carbons (Fsp3) is 0.0588. The number of phenolic OH excluding ortho intramolecular Hbond substituents is 2. The van der Waals surface area contributed by atoms with E-state index in [1.807, 2.05) is 18.2 Å². The van der Waals surface area contributed by atoms with Gasteiger partial charge in [0.05, 0.1) is 0 Å². The molecule has 6 heteroatoms. The van der Waals surface area contributed by atoms with Gasteiger partial charge in [0.1, 0.15) is 22.8 Å². The number of phenols is 2. The monoisotopic (exact) mass is 314 g/mol. The Morgan fingerprint density at radius 3 is 2.22 bits per heavy atom. The molecule has 0 heterocycles. The van der Waals surface area contributed by atoms with Gasteiger partial charge in [0.15, 0.2) is 12.4 Å². The molecule has 0 spiro atoms.